The van der Waals surface area contributed by atoms with Gasteiger partial charge in [-0.05, 0) is 81.0 Å². The van der Waals surface area contributed by atoms with E-state index in [1.54, 1.807) is 38.5 Å². The predicted octanol–water partition coefficient (Wildman–Crippen LogP) is 4.42. The van der Waals surface area contributed by atoms with E-state index in [-0.39, 0.29) is 11.6 Å². The van der Waals surface area contributed by atoms with Crippen LogP contribution < -0.4 is 9.47 Å². The number of hydrogen-bond acceptors (Lipinski definition) is 5. The molecule has 0 spiro atoms. The lowest BCUT2D eigenvalue weighted by Crippen LogP contribution is -2.05. The summed E-state index contributed by atoms with van der Waals surface area (Å²) in [5.74, 6) is 1.04. The molecule has 0 saturated carbocycles. The Kier molecular flexibility index (Phi) is 5.43. The van der Waals surface area contributed by atoms with Crippen LogP contribution in [0.2, 0.25) is 0 Å². The van der Waals surface area contributed by atoms with Gasteiger partial charge in [0.25, 0.3) is 0 Å². The zero-order valence-corrected chi connectivity index (χ0v) is 17.1. The molecule has 0 bridgehead atoms. The van der Waals surface area contributed by atoms with Gasteiger partial charge in [0.05, 0.1) is 14.2 Å². The van der Waals surface area contributed by atoms with Gasteiger partial charge < -0.3 is 14.2 Å². The largest absolute Gasteiger partial charge is 0.497 e. The first-order valence-electron chi connectivity index (χ1n) is 7.22. The van der Waals surface area contributed by atoms with Crippen LogP contribution in [0.25, 0.3) is 6.08 Å². The van der Waals surface area contributed by atoms with Crippen LogP contribution in [0.15, 0.2) is 51.6 Å². The number of halogens is 2. The highest BCUT2D eigenvalue weighted by molar-refractivity contribution is 14.1. The molecule has 0 N–H and O–H groups in total. The molecule has 0 fully saturated rings. The first kappa shape index (κ1) is 17.9. The number of benzene rings is 2. The summed E-state index contributed by atoms with van der Waals surface area (Å²) in [6.45, 7) is 0. The third-order valence-corrected chi connectivity index (χ3v) is 5.85. The van der Waals surface area contributed by atoms with E-state index in [2.05, 4.69) is 43.5 Å². The van der Waals surface area contributed by atoms with Crippen LogP contribution in [0.1, 0.15) is 11.1 Å². The van der Waals surface area contributed by atoms with Crippen molar-refractivity contribution in [2.75, 3.05) is 14.2 Å². The van der Waals surface area contributed by atoms with Gasteiger partial charge in [0.1, 0.15) is 11.5 Å². The fourth-order valence-electron chi connectivity index (χ4n) is 2.26. The van der Waals surface area contributed by atoms with Crippen LogP contribution >= 0.6 is 38.5 Å². The summed E-state index contributed by atoms with van der Waals surface area (Å²) >= 11 is 5.67. The highest BCUT2D eigenvalue weighted by atomic mass is 127. The topological polar surface area (TPSA) is 57.1 Å². The van der Waals surface area contributed by atoms with E-state index in [0.29, 0.717) is 17.1 Å². The Morgan fingerprint density at radius 3 is 2.64 bits per heavy atom. The number of esters is 1. The maximum absolute atomic E-state index is 12.2. The molecule has 2 aromatic rings. The molecule has 0 amide bonds. The monoisotopic (exact) mass is 513 g/mol. The van der Waals surface area contributed by atoms with Gasteiger partial charge in [-0.3, -0.25) is 0 Å². The number of rotatable bonds is 4. The Hall–Kier alpha value is -1.87. The number of ether oxygens (including phenoxy) is 3. The van der Waals surface area contributed by atoms with Crippen LogP contribution in [0.5, 0.6) is 11.5 Å². The van der Waals surface area contributed by atoms with Crippen LogP contribution in [-0.4, -0.2) is 26.1 Å². The Labute approximate surface area is 167 Å². The van der Waals surface area contributed by atoms with Crippen LogP contribution in [-0.2, 0) is 9.53 Å². The number of carbonyl (C=O) groups is 1. The SMILES string of the molecule is COc1ccc(OC)c(/C=C2\N=C(c3ccc(I)c(Br)c3)OC2=O)c1. The summed E-state index contributed by atoms with van der Waals surface area (Å²) in [5, 5.41) is 0. The molecule has 25 heavy (non-hydrogen) atoms. The van der Waals surface area contributed by atoms with Gasteiger partial charge in [0.2, 0.25) is 5.90 Å². The molecule has 5 nitrogen and oxygen atoms in total. The lowest BCUT2D eigenvalue weighted by Gasteiger charge is -2.07. The fraction of sp³-hybridized carbons (Fsp3) is 0.111. The third-order valence-electron chi connectivity index (χ3n) is 3.52. The molecule has 0 aliphatic carbocycles. The van der Waals surface area contributed by atoms with Crippen molar-refractivity contribution >= 4 is 56.5 Å². The summed E-state index contributed by atoms with van der Waals surface area (Å²) in [6.07, 6.45) is 1.62. The molecular formula is C18H13BrINO4. The number of hydrogen-bond donors (Lipinski definition) is 0. The third kappa shape index (κ3) is 3.87. The molecule has 0 saturated heterocycles. The minimum absolute atomic E-state index is 0.205. The van der Waals surface area contributed by atoms with Gasteiger partial charge in [-0.25, -0.2) is 9.79 Å². The van der Waals surface area contributed by atoms with Crippen molar-refractivity contribution in [1.29, 1.82) is 0 Å². The van der Waals surface area contributed by atoms with E-state index in [0.717, 1.165) is 13.6 Å². The van der Waals surface area contributed by atoms with Gasteiger partial charge >= 0.3 is 5.97 Å². The van der Waals surface area contributed by atoms with E-state index in [4.69, 9.17) is 14.2 Å². The van der Waals surface area contributed by atoms with Crippen LogP contribution in [0.4, 0.5) is 0 Å². The van der Waals surface area contributed by atoms with Crippen molar-refractivity contribution in [3.63, 3.8) is 0 Å². The molecule has 2 aromatic carbocycles. The van der Waals surface area contributed by atoms with Gasteiger partial charge in [-0.2, -0.15) is 0 Å². The van der Waals surface area contributed by atoms with Crippen molar-refractivity contribution in [2.45, 2.75) is 0 Å². The zero-order valence-electron chi connectivity index (χ0n) is 13.4. The summed E-state index contributed by atoms with van der Waals surface area (Å²) in [6, 6.07) is 11.0. The van der Waals surface area contributed by atoms with Gasteiger partial charge in [0, 0.05) is 19.2 Å². The molecule has 1 aliphatic heterocycles. The van der Waals surface area contributed by atoms with E-state index in [1.165, 1.54) is 0 Å². The molecule has 3 rings (SSSR count). The number of carbonyl (C=O) groups excluding carboxylic acids is 1. The minimum Gasteiger partial charge on any atom is -0.497 e. The molecule has 0 aromatic heterocycles. The molecule has 0 unspecified atom stereocenters. The second-order valence-corrected chi connectivity index (χ2v) is 7.09. The normalized spacial score (nSPS) is 15.1. The Balaban J connectivity index is 2.00. The summed E-state index contributed by atoms with van der Waals surface area (Å²) in [5.41, 5.74) is 1.61. The van der Waals surface area contributed by atoms with Crippen molar-refractivity contribution in [1.82, 2.24) is 0 Å². The lowest BCUT2D eigenvalue weighted by molar-refractivity contribution is -0.129. The molecule has 1 heterocycles. The molecule has 128 valence electrons. The van der Waals surface area contributed by atoms with E-state index in [9.17, 15) is 4.79 Å². The molecule has 0 radical (unpaired) electrons. The summed E-state index contributed by atoms with van der Waals surface area (Å²) < 4.78 is 17.8. The van der Waals surface area contributed by atoms with E-state index < -0.39 is 5.97 Å². The fourth-order valence-corrected chi connectivity index (χ4v) is 2.98. The van der Waals surface area contributed by atoms with Crippen LogP contribution in [0.3, 0.4) is 0 Å². The summed E-state index contributed by atoms with van der Waals surface area (Å²) in [7, 11) is 3.14. The Morgan fingerprint density at radius 1 is 1.16 bits per heavy atom. The first-order valence-corrected chi connectivity index (χ1v) is 9.09. The zero-order chi connectivity index (χ0) is 18.0. The number of nitrogens with zero attached hydrogens (tertiary/aromatic N) is 1. The maximum atomic E-state index is 12.2. The Bertz CT molecular complexity index is 908. The molecule has 1 aliphatic rings. The quantitative estimate of drug-likeness (QED) is 0.345. The minimum atomic E-state index is -0.505. The van der Waals surface area contributed by atoms with Gasteiger partial charge in [-0.1, -0.05) is 0 Å². The standard InChI is InChI=1S/C18H13BrINO4/c1-23-12-4-6-16(24-2)11(7-12)9-15-18(22)25-17(21-15)10-3-5-14(20)13(19)8-10/h3-9H,1-2H3/b15-9-. The first-order chi connectivity index (χ1) is 12.0. The van der Waals surface area contributed by atoms with Crippen molar-refractivity contribution in [3.8, 4) is 11.5 Å². The average molecular weight is 514 g/mol. The highest BCUT2D eigenvalue weighted by Crippen LogP contribution is 2.29. The summed E-state index contributed by atoms with van der Waals surface area (Å²) in [4.78, 5) is 16.5. The van der Waals surface area contributed by atoms with Crippen molar-refractivity contribution in [3.05, 3.63) is 61.3 Å². The predicted molar refractivity (Wildman–Crippen MR) is 107 cm³/mol. The van der Waals surface area contributed by atoms with Crippen molar-refractivity contribution < 1.29 is 19.0 Å². The van der Waals surface area contributed by atoms with Crippen LogP contribution in [0, 0.1) is 3.57 Å². The molecule has 0 atom stereocenters. The van der Waals surface area contributed by atoms with E-state index >= 15 is 0 Å². The number of aliphatic imine (C=N–C) groups is 1. The second kappa shape index (κ2) is 7.57. The maximum Gasteiger partial charge on any atom is 0.363 e. The second-order valence-electron chi connectivity index (χ2n) is 5.07. The number of methoxy groups -OCH3 is 2. The van der Waals surface area contributed by atoms with Crippen molar-refractivity contribution in [2.24, 2.45) is 4.99 Å². The van der Waals surface area contributed by atoms with Gasteiger partial charge in [-0.15, -0.1) is 0 Å². The number of cyclic esters (lactones) is 1. The lowest BCUT2D eigenvalue weighted by atomic mass is 10.1. The van der Waals surface area contributed by atoms with Gasteiger partial charge in [0.15, 0.2) is 5.70 Å². The van der Waals surface area contributed by atoms with E-state index in [1.807, 2.05) is 18.2 Å². The molecular weight excluding hydrogens is 501 g/mol. The Morgan fingerprint density at radius 2 is 1.96 bits per heavy atom. The molecule has 7 heteroatoms. The smallest absolute Gasteiger partial charge is 0.363 e. The highest BCUT2D eigenvalue weighted by Gasteiger charge is 2.25. The average Bonchev–Trinajstić information content (AvgIpc) is 2.98.